The van der Waals surface area contributed by atoms with Crippen LogP contribution in [0.4, 0.5) is 16.3 Å². The van der Waals surface area contributed by atoms with Crippen molar-refractivity contribution >= 4 is 39.4 Å². The van der Waals surface area contributed by atoms with Gasteiger partial charge in [0.15, 0.2) is 0 Å². The molecule has 0 aromatic carbocycles. The van der Waals surface area contributed by atoms with Crippen LogP contribution in [0.2, 0.25) is 0 Å². The number of amides is 2. The van der Waals surface area contributed by atoms with Gasteiger partial charge in [-0.3, -0.25) is 4.79 Å². The van der Waals surface area contributed by atoms with Crippen LogP contribution in [0, 0.1) is 0 Å². The topological polar surface area (TPSA) is 84.0 Å². The second-order valence-corrected chi connectivity index (χ2v) is 6.55. The normalized spacial score (nSPS) is 18.1. The van der Waals surface area contributed by atoms with Crippen molar-refractivity contribution in [3.8, 4) is 0 Å². The summed E-state index contributed by atoms with van der Waals surface area (Å²) < 4.78 is 11.2. The highest BCUT2D eigenvalue weighted by atomic mass is 79.9. The van der Waals surface area contributed by atoms with Crippen LogP contribution in [0.5, 0.6) is 0 Å². The zero-order chi connectivity index (χ0) is 17.1. The molecule has 2 amide bonds. The van der Waals surface area contributed by atoms with Gasteiger partial charge >= 0.3 is 12.0 Å². The van der Waals surface area contributed by atoms with Crippen molar-refractivity contribution in [1.82, 2.24) is 9.88 Å². The Bertz CT molecular complexity index is 630. The highest BCUT2D eigenvalue weighted by molar-refractivity contribution is 9.10. The number of nitrogens with one attached hydrogen (secondary N) is 1. The first-order valence-corrected chi connectivity index (χ1v) is 8.53. The van der Waals surface area contributed by atoms with Gasteiger partial charge in [0.05, 0.1) is 42.7 Å². The van der Waals surface area contributed by atoms with Gasteiger partial charge in [-0.05, 0) is 22.0 Å². The second-order valence-electron chi connectivity index (χ2n) is 5.70. The van der Waals surface area contributed by atoms with Crippen molar-refractivity contribution < 1.29 is 19.1 Å². The van der Waals surface area contributed by atoms with E-state index in [9.17, 15) is 9.59 Å². The molecule has 1 aromatic rings. The molecular weight excluding hydrogens is 380 g/mol. The van der Waals surface area contributed by atoms with Crippen molar-refractivity contribution in [1.29, 1.82) is 0 Å². The number of aromatic nitrogens is 1. The lowest BCUT2D eigenvalue weighted by atomic mass is 10.2. The van der Waals surface area contributed by atoms with Crippen LogP contribution in [-0.2, 0) is 14.3 Å². The molecule has 0 unspecified atom stereocenters. The van der Waals surface area contributed by atoms with E-state index in [1.165, 1.54) is 6.92 Å². The molecule has 0 saturated carbocycles. The minimum absolute atomic E-state index is 0.207. The summed E-state index contributed by atoms with van der Waals surface area (Å²) in [6.45, 7) is 5.14. The average molecular weight is 399 g/mol. The number of halogens is 1. The van der Waals surface area contributed by atoms with Crippen molar-refractivity contribution in [2.24, 2.45) is 0 Å². The van der Waals surface area contributed by atoms with Gasteiger partial charge in [0, 0.05) is 20.0 Å². The second kappa shape index (κ2) is 7.35. The van der Waals surface area contributed by atoms with E-state index < -0.39 is 0 Å². The number of anilines is 2. The van der Waals surface area contributed by atoms with E-state index in [1.807, 2.05) is 6.07 Å². The molecule has 24 heavy (non-hydrogen) atoms. The first kappa shape index (κ1) is 17.0. The summed E-state index contributed by atoms with van der Waals surface area (Å²) in [7, 11) is 0. The summed E-state index contributed by atoms with van der Waals surface area (Å²) in [5.41, 5.74) is 0.611. The molecular formula is C15H19BrN4O4. The van der Waals surface area contributed by atoms with Crippen LogP contribution < -0.4 is 10.2 Å². The van der Waals surface area contributed by atoms with Crippen molar-refractivity contribution in [2.45, 2.75) is 13.0 Å². The summed E-state index contributed by atoms with van der Waals surface area (Å²) in [6, 6.07) is 1.60. The molecule has 2 aliphatic heterocycles. The number of morpholine rings is 1. The number of urea groups is 1. The quantitative estimate of drug-likeness (QED) is 0.775. The third-order valence-corrected chi connectivity index (χ3v) is 4.44. The van der Waals surface area contributed by atoms with E-state index in [2.05, 4.69) is 31.1 Å². The summed E-state index contributed by atoms with van der Waals surface area (Å²) in [4.78, 5) is 31.1. The number of nitrogens with zero attached hydrogens (tertiary/aromatic N) is 3. The van der Waals surface area contributed by atoms with Gasteiger partial charge in [0.2, 0.25) is 0 Å². The zero-order valence-corrected chi connectivity index (χ0v) is 14.9. The lowest BCUT2D eigenvalue weighted by Gasteiger charge is -2.37. The first-order valence-electron chi connectivity index (χ1n) is 7.74. The lowest BCUT2D eigenvalue weighted by Crippen LogP contribution is -2.56. The molecule has 1 N–H and O–H groups in total. The third-order valence-electron chi connectivity index (χ3n) is 3.85. The number of carbonyl (C=O) groups excluding carboxylic acids is 2. The number of esters is 1. The largest absolute Gasteiger partial charge is 0.459 e. The molecule has 0 spiro atoms. The number of hydrogen-bond acceptors (Lipinski definition) is 6. The highest BCUT2D eigenvalue weighted by Gasteiger charge is 2.33. The van der Waals surface area contributed by atoms with E-state index in [-0.39, 0.29) is 18.1 Å². The van der Waals surface area contributed by atoms with E-state index in [0.717, 1.165) is 23.4 Å². The Labute approximate surface area is 148 Å². The summed E-state index contributed by atoms with van der Waals surface area (Å²) in [5.74, 6) is 0.516. The Morgan fingerprint density at radius 3 is 2.71 bits per heavy atom. The van der Waals surface area contributed by atoms with Crippen LogP contribution in [0.25, 0.3) is 0 Å². The Kier molecular flexibility index (Phi) is 5.20. The lowest BCUT2D eigenvalue weighted by molar-refractivity contribution is -0.152. The Hall–Kier alpha value is -1.87. The molecule has 2 fully saturated rings. The van der Waals surface area contributed by atoms with Gasteiger partial charge in [-0.15, -0.1) is 0 Å². The molecule has 0 bridgehead atoms. The predicted molar refractivity (Wildman–Crippen MR) is 91.1 cm³/mol. The molecule has 2 aliphatic rings. The van der Waals surface area contributed by atoms with Gasteiger partial charge in [-0.1, -0.05) is 0 Å². The maximum Gasteiger partial charge on any atom is 0.322 e. The zero-order valence-electron chi connectivity index (χ0n) is 13.3. The molecule has 3 heterocycles. The smallest absolute Gasteiger partial charge is 0.322 e. The number of rotatable bonds is 3. The standard InChI is InChI=1S/C15H19BrN4O4/c1-10(21)24-12-8-20(9-12)15(22)18-11-6-13(16)14(17-7-11)19-2-4-23-5-3-19/h6-7,12H,2-5,8-9H2,1H3,(H,18,22). The van der Waals surface area contributed by atoms with Gasteiger partial charge in [0.25, 0.3) is 0 Å². The minimum Gasteiger partial charge on any atom is -0.459 e. The van der Waals surface area contributed by atoms with E-state index in [4.69, 9.17) is 9.47 Å². The Balaban J connectivity index is 1.55. The van der Waals surface area contributed by atoms with Crippen molar-refractivity contribution in [2.75, 3.05) is 49.6 Å². The minimum atomic E-state index is -0.327. The molecule has 8 nitrogen and oxygen atoms in total. The van der Waals surface area contributed by atoms with Gasteiger partial charge in [-0.2, -0.15) is 0 Å². The highest BCUT2D eigenvalue weighted by Crippen LogP contribution is 2.27. The molecule has 0 aliphatic carbocycles. The molecule has 0 atom stereocenters. The van der Waals surface area contributed by atoms with Crippen molar-refractivity contribution in [3.63, 3.8) is 0 Å². The number of likely N-dealkylation sites (tertiary alicyclic amines) is 1. The fourth-order valence-corrected chi connectivity index (χ4v) is 3.22. The van der Waals surface area contributed by atoms with Crippen LogP contribution >= 0.6 is 15.9 Å². The first-order chi connectivity index (χ1) is 11.5. The average Bonchev–Trinajstić information content (AvgIpc) is 2.51. The molecule has 0 radical (unpaired) electrons. The number of pyridine rings is 1. The third kappa shape index (κ3) is 3.96. The molecule has 3 rings (SSSR count). The van der Waals surface area contributed by atoms with Gasteiger partial charge in [-0.25, -0.2) is 9.78 Å². The summed E-state index contributed by atoms with van der Waals surface area (Å²) >= 11 is 3.51. The number of carbonyl (C=O) groups is 2. The van der Waals surface area contributed by atoms with E-state index in [0.29, 0.717) is 32.0 Å². The monoisotopic (exact) mass is 398 g/mol. The van der Waals surface area contributed by atoms with Crippen molar-refractivity contribution in [3.05, 3.63) is 16.7 Å². The maximum absolute atomic E-state index is 12.1. The van der Waals surface area contributed by atoms with E-state index in [1.54, 1.807) is 11.1 Å². The maximum atomic E-state index is 12.1. The Morgan fingerprint density at radius 1 is 1.38 bits per heavy atom. The van der Waals surface area contributed by atoms with Crippen LogP contribution in [0.1, 0.15) is 6.92 Å². The Morgan fingerprint density at radius 2 is 2.08 bits per heavy atom. The summed E-state index contributed by atoms with van der Waals surface area (Å²) in [6.07, 6.45) is 1.43. The molecule has 130 valence electrons. The molecule has 2 saturated heterocycles. The molecule has 1 aromatic heterocycles. The number of ether oxygens (including phenoxy) is 2. The molecule has 9 heteroatoms. The van der Waals surface area contributed by atoms with Crippen LogP contribution in [-0.4, -0.2) is 67.4 Å². The van der Waals surface area contributed by atoms with Crippen LogP contribution in [0.15, 0.2) is 16.7 Å². The SMILES string of the molecule is CC(=O)OC1CN(C(=O)Nc2cnc(N3CCOCC3)c(Br)c2)C1. The van der Waals surface area contributed by atoms with Gasteiger partial charge < -0.3 is 24.6 Å². The van der Waals surface area contributed by atoms with E-state index >= 15 is 0 Å². The van der Waals surface area contributed by atoms with Crippen LogP contribution in [0.3, 0.4) is 0 Å². The summed E-state index contributed by atoms with van der Waals surface area (Å²) in [5, 5.41) is 2.80. The number of hydrogen-bond donors (Lipinski definition) is 1. The fraction of sp³-hybridized carbons (Fsp3) is 0.533. The predicted octanol–water partition coefficient (Wildman–Crippen LogP) is 1.46. The fourth-order valence-electron chi connectivity index (χ4n) is 2.62. The van der Waals surface area contributed by atoms with Gasteiger partial charge in [0.1, 0.15) is 11.9 Å².